The van der Waals surface area contributed by atoms with E-state index >= 15 is 0 Å². The van der Waals surface area contributed by atoms with Gasteiger partial charge in [-0.25, -0.2) is 4.79 Å². The highest BCUT2D eigenvalue weighted by molar-refractivity contribution is 5.87. The molecular formula is C14H10O5. The first-order valence-corrected chi connectivity index (χ1v) is 5.43. The van der Waals surface area contributed by atoms with Gasteiger partial charge in [-0.3, -0.25) is 14.6 Å². The Morgan fingerprint density at radius 1 is 1.00 bits per heavy atom. The van der Waals surface area contributed by atoms with E-state index in [1.807, 2.05) is 0 Å². The Bertz CT molecular complexity index is 589. The van der Waals surface area contributed by atoms with E-state index in [0.29, 0.717) is 23.3 Å². The maximum absolute atomic E-state index is 10.8. The van der Waals surface area contributed by atoms with Gasteiger partial charge in [-0.2, -0.15) is 0 Å². The van der Waals surface area contributed by atoms with Gasteiger partial charge in [0.1, 0.15) is 0 Å². The molecule has 96 valence electrons. The van der Waals surface area contributed by atoms with E-state index < -0.39 is 5.97 Å². The summed E-state index contributed by atoms with van der Waals surface area (Å²) in [5, 5.41) is 8.74. The lowest BCUT2D eigenvalue weighted by atomic mass is 10.2. The van der Waals surface area contributed by atoms with E-state index in [9.17, 15) is 9.59 Å². The van der Waals surface area contributed by atoms with Gasteiger partial charge in [0.05, 0.1) is 11.1 Å². The molecule has 5 heteroatoms. The third-order valence-electron chi connectivity index (χ3n) is 2.37. The molecule has 5 nitrogen and oxygen atoms in total. The normalized spacial score (nSPS) is 9.68. The summed E-state index contributed by atoms with van der Waals surface area (Å²) >= 11 is 0. The zero-order chi connectivity index (χ0) is 13.7. The molecule has 0 aliphatic rings. The molecule has 0 amide bonds. The van der Waals surface area contributed by atoms with E-state index in [4.69, 9.17) is 14.9 Å². The predicted molar refractivity (Wildman–Crippen MR) is 66.5 cm³/mol. The molecule has 0 aliphatic heterocycles. The summed E-state index contributed by atoms with van der Waals surface area (Å²) in [6.07, 6.45) is 0.659. The molecular weight excluding hydrogens is 248 g/mol. The van der Waals surface area contributed by atoms with Crippen LogP contribution in [-0.4, -0.2) is 17.4 Å². The highest BCUT2D eigenvalue weighted by Gasteiger charge is 2.05. The summed E-state index contributed by atoms with van der Waals surface area (Å²) < 4.78 is 0. The van der Waals surface area contributed by atoms with Gasteiger partial charge in [-0.1, -0.05) is 12.1 Å². The van der Waals surface area contributed by atoms with Gasteiger partial charge in [0.2, 0.25) is 0 Å². The largest absolute Gasteiger partial charge is 0.478 e. The summed E-state index contributed by atoms with van der Waals surface area (Å²) in [6, 6.07) is 12.3. The van der Waals surface area contributed by atoms with Gasteiger partial charge in [-0.05, 0) is 36.4 Å². The molecule has 0 atom stereocenters. The molecule has 0 bridgehead atoms. The van der Waals surface area contributed by atoms with Crippen LogP contribution in [0.25, 0.3) is 0 Å². The number of carbonyl (C=O) groups excluding carboxylic acids is 1. The van der Waals surface area contributed by atoms with E-state index in [2.05, 4.69) is 0 Å². The molecule has 0 radical (unpaired) electrons. The molecule has 0 spiro atoms. The second-order valence-electron chi connectivity index (χ2n) is 3.65. The fourth-order valence-electron chi connectivity index (χ4n) is 1.40. The summed E-state index contributed by atoms with van der Waals surface area (Å²) in [4.78, 5) is 31.5. The Labute approximate surface area is 108 Å². The quantitative estimate of drug-likeness (QED) is 0.507. The number of carboxylic acid groups (broad SMARTS) is 1. The number of carbonyl (C=O) groups is 2. The first kappa shape index (κ1) is 12.6. The highest BCUT2D eigenvalue weighted by Crippen LogP contribution is 2.18. The van der Waals surface area contributed by atoms with Crippen LogP contribution in [0.4, 0.5) is 0 Å². The molecule has 0 aromatic heterocycles. The van der Waals surface area contributed by atoms with Crippen LogP contribution in [0.3, 0.4) is 0 Å². The number of benzene rings is 2. The first-order chi connectivity index (χ1) is 9.20. The fourth-order valence-corrected chi connectivity index (χ4v) is 1.40. The SMILES string of the molecule is O=Cc1ccccc1OOc1ccc(C(=O)O)cc1. The summed E-state index contributed by atoms with van der Waals surface area (Å²) in [5.41, 5.74) is 0.519. The van der Waals surface area contributed by atoms with Crippen molar-refractivity contribution in [3.63, 3.8) is 0 Å². The molecule has 19 heavy (non-hydrogen) atoms. The summed E-state index contributed by atoms with van der Waals surface area (Å²) in [5.74, 6) is -0.385. The topological polar surface area (TPSA) is 72.8 Å². The standard InChI is InChI=1S/C14H10O5/c15-9-11-3-1-2-4-13(11)19-18-12-7-5-10(6-8-12)14(16)17/h1-9H,(H,16,17). The Balaban J connectivity index is 2.06. The molecule has 0 heterocycles. The Morgan fingerprint density at radius 3 is 2.32 bits per heavy atom. The van der Waals surface area contributed by atoms with Crippen molar-refractivity contribution in [2.75, 3.05) is 0 Å². The molecule has 2 aromatic rings. The van der Waals surface area contributed by atoms with Gasteiger partial charge in [0.25, 0.3) is 0 Å². The van der Waals surface area contributed by atoms with Gasteiger partial charge < -0.3 is 5.11 Å². The van der Waals surface area contributed by atoms with Crippen LogP contribution in [-0.2, 0) is 0 Å². The number of aromatic carboxylic acids is 1. The summed E-state index contributed by atoms with van der Waals surface area (Å²) in [6.45, 7) is 0. The fraction of sp³-hybridized carbons (Fsp3) is 0. The van der Waals surface area contributed by atoms with Crippen LogP contribution < -0.4 is 9.78 Å². The zero-order valence-corrected chi connectivity index (χ0v) is 9.78. The zero-order valence-electron chi connectivity index (χ0n) is 9.78. The van der Waals surface area contributed by atoms with Crippen LogP contribution in [0.15, 0.2) is 48.5 Å². The van der Waals surface area contributed by atoms with Crippen molar-refractivity contribution in [2.45, 2.75) is 0 Å². The monoisotopic (exact) mass is 258 g/mol. The number of aldehydes is 1. The molecule has 2 aromatic carbocycles. The third-order valence-corrected chi connectivity index (χ3v) is 2.37. The number of carboxylic acids is 1. The minimum absolute atomic E-state index is 0.153. The van der Waals surface area contributed by atoms with Gasteiger partial charge in [0.15, 0.2) is 17.8 Å². The molecule has 1 N–H and O–H groups in total. The van der Waals surface area contributed by atoms with E-state index in [-0.39, 0.29) is 5.56 Å². The summed E-state index contributed by atoms with van der Waals surface area (Å²) in [7, 11) is 0. The van der Waals surface area contributed by atoms with Crippen molar-refractivity contribution in [3.8, 4) is 11.5 Å². The van der Waals surface area contributed by atoms with Gasteiger partial charge >= 0.3 is 5.97 Å². The van der Waals surface area contributed by atoms with Crippen molar-refractivity contribution in [2.24, 2.45) is 0 Å². The number of hydrogen-bond acceptors (Lipinski definition) is 4. The van der Waals surface area contributed by atoms with Crippen LogP contribution in [0.2, 0.25) is 0 Å². The van der Waals surface area contributed by atoms with E-state index in [0.717, 1.165) is 0 Å². The molecule has 0 unspecified atom stereocenters. The van der Waals surface area contributed by atoms with Crippen molar-refractivity contribution in [1.29, 1.82) is 0 Å². The number of para-hydroxylation sites is 1. The Kier molecular flexibility index (Phi) is 3.78. The van der Waals surface area contributed by atoms with Crippen LogP contribution in [0.5, 0.6) is 11.5 Å². The van der Waals surface area contributed by atoms with E-state index in [1.165, 1.54) is 24.3 Å². The minimum atomic E-state index is -1.02. The molecule has 0 fully saturated rings. The molecule has 0 saturated carbocycles. The maximum atomic E-state index is 10.8. The predicted octanol–water partition coefficient (Wildman–Crippen LogP) is 2.57. The number of hydrogen-bond donors (Lipinski definition) is 1. The van der Waals surface area contributed by atoms with Crippen molar-refractivity contribution in [1.82, 2.24) is 0 Å². The minimum Gasteiger partial charge on any atom is -0.478 e. The van der Waals surface area contributed by atoms with Gasteiger partial charge in [0, 0.05) is 0 Å². The highest BCUT2D eigenvalue weighted by atomic mass is 17.2. The van der Waals surface area contributed by atoms with Crippen molar-refractivity contribution >= 4 is 12.3 Å². The molecule has 0 aliphatic carbocycles. The van der Waals surface area contributed by atoms with Crippen molar-refractivity contribution < 1.29 is 24.5 Å². The lowest BCUT2D eigenvalue weighted by molar-refractivity contribution is -0.100. The van der Waals surface area contributed by atoms with Crippen LogP contribution in [0.1, 0.15) is 20.7 Å². The smallest absolute Gasteiger partial charge is 0.335 e. The lowest BCUT2D eigenvalue weighted by Gasteiger charge is -2.07. The number of rotatable bonds is 5. The first-order valence-electron chi connectivity index (χ1n) is 5.43. The van der Waals surface area contributed by atoms with Crippen LogP contribution >= 0.6 is 0 Å². The average molecular weight is 258 g/mol. The van der Waals surface area contributed by atoms with E-state index in [1.54, 1.807) is 24.3 Å². The second kappa shape index (κ2) is 5.68. The van der Waals surface area contributed by atoms with Crippen LogP contribution in [0, 0.1) is 0 Å². The molecule has 0 saturated heterocycles. The van der Waals surface area contributed by atoms with Crippen molar-refractivity contribution in [3.05, 3.63) is 59.7 Å². The maximum Gasteiger partial charge on any atom is 0.335 e. The lowest BCUT2D eigenvalue weighted by Crippen LogP contribution is -2.03. The average Bonchev–Trinajstić information content (AvgIpc) is 2.45. The Hall–Kier alpha value is -2.82. The molecule has 2 rings (SSSR count). The third kappa shape index (κ3) is 3.10. The second-order valence-corrected chi connectivity index (χ2v) is 3.65. The Morgan fingerprint density at radius 2 is 1.68 bits per heavy atom. The van der Waals surface area contributed by atoms with Gasteiger partial charge in [-0.15, -0.1) is 0 Å².